The summed E-state index contributed by atoms with van der Waals surface area (Å²) in [6, 6.07) is 9.28. The van der Waals surface area contributed by atoms with Crippen LogP contribution in [0.4, 0.5) is 0 Å². The van der Waals surface area contributed by atoms with Gasteiger partial charge in [-0.15, -0.1) is 10.2 Å². The van der Waals surface area contributed by atoms with Crippen LogP contribution in [0.1, 0.15) is 5.89 Å². The van der Waals surface area contributed by atoms with E-state index in [1.54, 1.807) is 24.5 Å². The lowest BCUT2D eigenvalue weighted by Gasteiger charge is -2.04. The number of aromatic nitrogens is 3. The highest BCUT2D eigenvalue weighted by atomic mass is 35.5. The summed E-state index contributed by atoms with van der Waals surface area (Å²) in [5.74, 6) is 0.461. The zero-order chi connectivity index (χ0) is 16.3. The van der Waals surface area contributed by atoms with Gasteiger partial charge < -0.3 is 4.42 Å². The van der Waals surface area contributed by atoms with Crippen LogP contribution < -0.4 is 4.72 Å². The summed E-state index contributed by atoms with van der Waals surface area (Å²) in [4.78, 5) is 4.00. The number of hydrogen-bond acceptors (Lipinski definition) is 6. The minimum atomic E-state index is -3.68. The summed E-state index contributed by atoms with van der Waals surface area (Å²) in [6.07, 6.45) is 3.20. The van der Waals surface area contributed by atoms with Crippen molar-refractivity contribution in [3.05, 3.63) is 59.7 Å². The summed E-state index contributed by atoms with van der Waals surface area (Å²) >= 11 is 5.74. The molecule has 0 fully saturated rings. The minimum absolute atomic E-state index is 0.107. The van der Waals surface area contributed by atoms with Gasteiger partial charge in [-0.1, -0.05) is 11.6 Å². The van der Waals surface area contributed by atoms with E-state index in [0.29, 0.717) is 16.5 Å². The molecule has 0 atom stereocenters. The van der Waals surface area contributed by atoms with Gasteiger partial charge in [0.15, 0.2) is 0 Å². The third kappa shape index (κ3) is 3.73. The predicted octanol–water partition coefficient (Wildman–Crippen LogP) is 2.26. The SMILES string of the molecule is O=S(=O)(NCc1nnc(-c2ccncc2)o1)c1ccc(Cl)cc1. The van der Waals surface area contributed by atoms with Gasteiger partial charge in [0.25, 0.3) is 0 Å². The first kappa shape index (κ1) is 15.6. The molecule has 23 heavy (non-hydrogen) atoms. The third-order valence-electron chi connectivity index (χ3n) is 2.93. The molecule has 0 aliphatic carbocycles. The number of benzene rings is 1. The van der Waals surface area contributed by atoms with E-state index in [9.17, 15) is 8.42 Å². The quantitative estimate of drug-likeness (QED) is 0.758. The van der Waals surface area contributed by atoms with Gasteiger partial charge in [-0.25, -0.2) is 13.1 Å². The average molecular weight is 351 g/mol. The molecule has 2 aromatic heterocycles. The van der Waals surface area contributed by atoms with E-state index < -0.39 is 10.0 Å². The molecule has 9 heteroatoms. The Hall–Kier alpha value is -2.29. The number of nitrogens with zero attached hydrogens (tertiary/aromatic N) is 3. The van der Waals surface area contributed by atoms with Crippen molar-refractivity contribution in [2.45, 2.75) is 11.4 Å². The number of nitrogens with one attached hydrogen (secondary N) is 1. The fraction of sp³-hybridized carbons (Fsp3) is 0.0714. The fourth-order valence-electron chi connectivity index (χ4n) is 1.79. The van der Waals surface area contributed by atoms with Crippen molar-refractivity contribution in [2.24, 2.45) is 0 Å². The summed E-state index contributed by atoms with van der Waals surface area (Å²) < 4.78 is 32.1. The Balaban J connectivity index is 1.71. The van der Waals surface area contributed by atoms with Crippen molar-refractivity contribution >= 4 is 21.6 Å². The van der Waals surface area contributed by atoms with Crippen molar-refractivity contribution in [3.63, 3.8) is 0 Å². The standard InChI is InChI=1S/C14H11ClN4O3S/c15-11-1-3-12(4-2-11)23(20,21)17-9-13-18-19-14(22-13)10-5-7-16-8-6-10/h1-8,17H,9H2. The number of sulfonamides is 1. The van der Waals surface area contributed by atoms with Crippen LogP contribution in [-0.4, -0.2) is 23.6 Å². The zero-order valence-corrected chi connectivity index (χ0v) is 13.3. The van der Waals surface area contributed by atoms with Crippen molar-refractivity contribution in [3.8, 4) is 11.5 Å². The highest BCUT2D eigenvalue weighted by molar-refractivity contribution is 7.89. The van der Waals surface area contributed by atoms with Crippen LogP contribution in [0.25, 0.3) is 11.5 Å². The Kier molecular flexibility index (Phi) is 4.37. The summed E-state index contributed by atoms with van der Waals surface area (Å²) in [5.41, 5.74) is 0.708. The normalized spacial score (nSPS) is 11.5. The van der Waals surface area contributed by atoms with E-state index in [1.807, 2.05) is 0 Å². The lowest BCUT2D eigenvalue weighted by atomic mass is 10.3. The molecule has 3 rings (SSSR count). The van der Waals surface area contributed by atoms with Crippen LogP contribution in [0.15, 0.2) is 58.1 Å². The van der Waals surface area contributed by atoms with Crippen LogP contribution in [-0.2, 0) is 16.6 Å². The molecule has 0 bridgehead atoms. The maximum Gasteiger partial charge on any atom is 0.247 e. The Morgan fingerprint density at radius 3 is 2.43 bits per heavy atom. The molecule has 0 aliphatic rings. The number of hydrogen-bond donors (Lipinski definition) is 1. The Bertz CT molecular complexity index is 895. The lowest BCUT2D eigenvalue weighted by molar-refractivity contribution is 0.494. The van der Waals surface area contributed by atoms with Crippen molar-refractivity contribution in [2.75, 3.05) is 0 Å². The van der Waals surface area contributed by atoms with Crippen molar-refractivity contribution < 1.29 is 12.8 Å². The second-order valence-corrected chi connectivity index (χ2v) is 6.72. The van der Waals surface area contributed by atoms with E-state index in [4.69, 9.17) is 16.0 Å². The Labute approximate surface area is 137 Å². The molecule has 1 N–H and O–H groups in total. The van der Waals surface area contributed by atoms with Gasteiger partial charge in [-0.3, -0.25) is 4.98 Å². The molecule has 0 saturated heterocycles. The predicted molar refractivity (Wildman–Crippen MR) is 83.0 cm³/mol. The van der Waals surface area contributed by atoms with Gasteiger partial charge in [-0.05, 0) is 36.4 Å². The van der Waals surface area contributed by atoms with Crippen LogP contribution in [0.5, 0.6) is 0 Å². The molecule has 0 aliphatic heterocycles. The smallest absolute Gasteiger partial charge is 0.247 e. The first-order valence-electron chi connectivity index (χ1n) is 6.52. The molecule has 0 spiro atoms. The van der Waals surface area contributed by atoms with E-state index in [2.05, 4.69) is 19.9 Å². The molecule has 2 heterocycles. The molecule has 7 nitrogen and oxygen atoms in total. The average Bonchev–Trinajstić information content (AvgIpc) is 3.03. The summed E-state index contributed by atoms with van der Waals surface area (Å²) in [6.45, 7) is -0.108. The molecule has 1 aromatic carbocycles. The van der Waals surface area contributed by atoms with Gasteiger partial charge in [0, 0.05) is 23.0 Å². The van der Waals surface area contributed by atoms with Crippen molar-refractivity contribution in [1.82, 2.24) is 19.9 Å². The maximum absolute atomic E-state index is 12.1. The highest BCUT2D eigenvalue weighted by Crippen LogP contribution is 2.17. The monoisotopic (exact) mass is 350 g/mol. The van der Waals surface area contributed by atoms with E-state index in [1.165, 1.54) is 24.3 Å². The molecule has 0 amide bonds. The minimum Gasteiger partial charge on any atom is -0.419 e. The molecule has 0 radical (unpaired) electrons. The molecular formula is C14H11ClN4O3S. The molecule has 118 valence electrons. The summed E-state index contributed by atoms with van der Waals surface area (Å²) in [7, 11) is -3.68. The second-order valence-electron chi connectivity index (χ2n) is 4.52. The molecule has 0 unspecified atom stereocenters. The van der Waals surface area contributed by atoms with E-state index >= 15 is 0 Å². The first-order valence-corrected chi connectivity index (χ1v) is 8.39. The van der Waals surface area contributed by atoms with Crippen LogP contribution in [0, 0.1) is 0 Å². The van der Waals surface area contributed by atoms with E-state index in [-0.39, 0.29) is 17.3 Å². The number of rotatable bonds is 5. The second kappa shape index (κ2) is 6.45. The molecule has 3 aromatic rings. The largest absolute Gasteiger partial charge is 0.419 e. The zero-order valence-electron chi connectivity index (χ0n) is 11.7. The third-order valence-corrected chi connectivity index (χ3v) is 4.60. The Morgan fingerprint density at radius 2 is 1.74 bits per heavy atom. The maximum atomic E-state index is 12.1. The van der Waals surface area contributed by atoms with Crippen molar-refractivity contribution in [1.29, 1.82) is 0 Å². The van der Waals surface area contributed by atoms with Crippen LogP contribution in [0.2, 0.25) is 5.02 Å². The first-order chi connectivity index (χ1) is 11.0. The summed E-state index contributed by atoms with van der Waals surface area (Å²) in [5, 5.41) is 8.15. The molecule has 0 saturated carbocycles. The topological polar surface area (TPSA) is 98.0 Å². The van der Waals surface area contributed by atoms with Gasteiger partial charge in [0.05, 0.1) is 11.4 Å². The van der Waals surface area contributed by atoms with Gasteiger partial charge in [0.2, 0.25) is 21.8 Å². The van der Waals surface area contributed by atoms with Gasteiger partial charge >= 0.3 is 0 Å². The lowest BCUT2D eigenvalue weighted by Crippen LogP contribution is -2.23. The highest BCUT2D eigenvalue weighted by Gasteiger charge is 2.16. The number of halogens is 1. The van der Waals surface area contributed by atoms with Gasteiger partial charge in [0.1, 0.15) is 0 Å². The number of pyridine rings is 1. The molecular weight excluding hydrogens is 340 g/mol. The van der Waals surface area contributed by atoms with Crippen LogP contribution in [0.3, 0.4) is 0 Å². The van der Waals surface area contributed by atoms with Gasteiger partial charge in [-0.2, -0.15) is 0 Å². The van der Waals surface area contributed by atoms with Crippen LogP contribution >= 0.6 is 11.6 Å². The fourth-order valence-corrected chi connectivity index (χ4v) is 2.89. The Morgan fingerprint density at radius 1 is 1.04 bits per heavy atom. The van der Waals surface area contributed by atoms with E-state index in [0.717, 1.165) is 0 Å².